The van der Waals surface area contributed by atoms with Gasteiger partial charge in [-0.3, -0.25) is 4.79 Å². The van der Waals surface area contributed by atoms with E-state index in [1.54, 1.807) is 4.90 Å². The van der Waals surface area contributed by atoms with Gasteiger partial charge in [0.25, 0.3) is 5.91 Å². The van der Waals surface area contributed by atoms with E-state index in [2.05, 4.69) is 0 Å². The number of nitrogens with zero attached hydrogens (tertiary/aromatic N) is 1. The van der Waals surface area contributed by atoms with Crippen molar-refractivity contribution in [3.8, 4) is 5.75 Å². The summed E-state index contributed by atoms with van der Waals surface area (Å²) in [5.74, 6) is -1.12. The van der Waals surface area contributed by atoms with Gasteiger partial charge in [-0.15, -0.1) is 0 Å². The number of para-hydroxylation sites is 1. The van der Waals surface area contributed by atoms with Crippen LogP contribution in [0, 0.1) is 0 Å². The van der Waals surface area contributed by atoms with Gasteiger partial charge in [0.15, 0.2) is 6.61 Å². The molecule has 0 saturated carbocycles. The molecule has 1 aliphatic heterocycles. The first-order valence-electron chi connectivity index (χ1n) is 7.63. The van der Waals surface area contributed by atoms with Gasteiger partial charge in [0.1, 0.15) is 5.75 Å². The number of rotatable bonds is 3. The van der Waals surface area contributed by atoms with Crippen LogP contribution < -0.4 is 10.6 Å². The molecule has 1 amide bonds. The Morgan fingerprint density at radius 3 is 2.83 bits per heavy atom. The van der Waals surface area contributed by atoms with Crippen LogP contribution in [-0.2, 0) is 16.0 Å². The van der Waals surface area contributed by atoms with E-state index in [4.69, 9.17) is 10.5 Å². The third kappa shape index (κ3) is 2.90. The van der Waals surface area contributed by atoms with Gasteiger partial charge in [0.2, 0.25) is 0 Å². The van der Waals surface area contributed by atoms with Crippen LogP contribution in [0.5, 0.6) is 5.75 Å². The number of nitrogens with two attached hydrogens (primary N) is 1. The van der Waals surface area contributed by atoms with Crippen molar-refractivity contribution < 1.29 is 19.4 Å². The Kier molecular flexibility index (Phi) is 4.12. The molecule has 6 nitrogen and oxygen atoms in total. The molecule has 1 atom stereocenters. The lowest BCUT2D eigenvalue weighted by Crippen LogP contribution is -2.38. The van der Waals surface area contributed by atoms with Gasteiger partial charge in [0.05, 0.1) is 5.56 Å². The van der Waals surface area contributed by atoms with Crippen molar-refractivity contribution in [2.45, 2.75) is 19.4 Å². The molecular weight excluding hydrogens is 308 g/mol. The van der Waals surface area contributed by atoms with E-state index in [0.717, 1.165) is 17.7 Å². The molecule has 1 aliphatic rings. The summed E-state index contributed by atoms with van der Waals surface area (Å²) >= 11 is 0. The van der Waals surface area contributed by atoms with Crippen LogP contribution in [0.25, 0.3) is 0 Å². The molecule has 1 heterocycles. The Hall–Kier alpha value is -3.02. The molecule has 0 aliphatic carbocycles. The summed E-state index contributed by atoms with van der Waals surface area (Å²) in [4.78, 5) is 26.2. The Morgan fingerprint density at radius 2 is 2.04 bits per heavy atom. The number of esters is 1. The average Bonchev–Trinajstić information content (AvgIpc) is 2.90. The minimum absolute atomic E-state index is 0.0134. The van der Waals surface area contributed by atoms with E-state index < -0.39 is 5.97 Å². The van der Waals surface area contributed by atoms with Gasteiger partial charge in [-0.1, -0.05) is 18.2 Å². The number of carbonyl (C=O) groups excluding carboxylic acids is 2. The van der Waals surface area contributed by atoms with E-state index in [1.807, 2.05) is 31.2 Å². The molecule has 1 unspecified atom stereocenters. The minimum Gasteiger partial charge on any atom is -0.508 e. The molecule has 0 saturated heterocycles. The van der Waals surface area contributed by atoms with Crippen molar-refractivity contribution in [1.82, 2.24) is 0 Å². The zero-order chi connectivity index (χ0) is 17.3. The van der Waals surface area contributed by atoms with E-state index in [-0.39, 0.29) is 35.6 Å². The molecule has 0 spiro atoms. The average molecular weight is 326 g/mol. The third-order valence-electron chi connectivity index (χ3n) is 4.06. The third-order valence-corrected chi connectivity index (χ3v) is 4.06. The second kappa shape index (κ2) is 6.23. The Morgan fingerprint density at radius 1 is 1.29 bits per heavy atom. The highest BCUT2D eigenvalue weighted by molar-refractivity contribution is 6.00. The SMILES string of the molecule is CC1Cc2ccccc2N1C(=O)COC(=O)c1cc(O)ccc1N. The first-order chi connectivity index (χ1) is 11.5. The quantitative estimate of drug-likeness (QED) is 0.512. The zero-order valence-corrected chi connectivity index (χ0v) is 13.2. The fourth-order valence-corrected chi connectivity index (χ4v) is 2.94. The summed E-state index contributed by atoms with van der Waals surface area (Å²) in [5, 5.41) is 9.44. The monoisotopic (exact) mass is 326 g/mol. The van der Waals surface area contributed by atoms with Crippen molar-refractivity contribution >= 4 is 23.3 Å². The highest BCUT2D eigenvalue weighted by Crippen LogP contribution is 2.31. The summed E-state index contributed by atoms with van der Waals surface area (Å²) in [7, 11) is 0. The van der Waals surface area contributed by atoms with E-state index in [0.29, 0.717) is 0 Å². The lowest BCUT2D eigenvalue weighted by atomic mass is 10.1. The fourth-order valence-electron chi connectivity index (χ4n) is 2.94. The number of carbonyl (C=O) groups is 2. The number of anilines is 2. The largest absolute Gasteiger partial charge is 0.508 e. The number of fused-ring (bicyclic) bond motifs is 1. The summed E-state index contributed by atoms with van der Waals surface area (Å²) in [6.45, 7) is 1.57. The lowest BCUT2D eigenvalue weighted by Gasteiger charge is -2.22. The van der Waals surface area contributed by atoms with Gasteiger partial charge in [-0.25, -0.2) is 4.79 Å². The Balaban J connectivity index is 1.70. The second-order valence-electron chi connectivity index (χ2n) is 5.79. The number of hydrogen-bond donors (Lipinski definition) is 2. The van der Waals surface area contributed by atoms with Crippen LogP contribution in [0.15, 0.2) is 42.5 Å². The lowest BCUT2D eigenvalue weighted by molar-refractivity contribution is -0.122. The van der Waals surface area contributed by atoms with Gasteiger partial charge in [0, 0.05) is 17.4 Å². The second-order valence-corrected chi connectivity index (χ2v) is 5.79. The molecule has 2 aromatic carbocycles. The van der Waals surface area contributed by atoms with Crippen molar-refractivity contribution in [2.24, 2.45) is 0 Å². The topological polar surface area (TPSA) is 92.9 Å². The van der Waals surface area contributed by atoms with Crippen LogP contribution in [0.1, 0.15) is 22.8 Å². The maximum Gasteiger partial charge on any atom is 0.340 e. The molecule has 2 aromatic rings. The summed E-state index contributed by atoms with van der Waals surface area (Å²) in [5.41, 5.74) is 7.87. The molecule has 3 N–H and O–H groups in total. The molecular formula is C18H18N2O4. The standard InChI is InChI=1S/C18H18N2O4/c1-11-8-12-4-2-3-5-16(12)20(11)17(22)10-24-18(23)14-9-13(21)6-7-15(14)19/h2-7,9,11,21H,8,10,19H2,1H3. The van der Waals surface area contributed by atoms with Crippen molar-refractivity contribution in [2.75, 3.05) is 17.2 Å². The van der Waals surface area contributed by atoms with E-state index in [9.17, 15) is 14.7 Å². The molecule has 24 heavy (non-hydrogen) atoms. The number of phenolic OH excluding ortho intramolecular Hbond substituents is 1. The van der Waals surface area contributed by atoms with Crippen LogP contribution >= 0.6 is 0 Å². The maximum atomic E-state index is 12.5. The van der Waals surface area contributed by atoms with Gasteiger partial charge in [-0.2, -0.15) is 0 Å². The zero-order valence-electron chi connectivity index (χ0n) is 13.2. The van der Waals surface area contributed by atoms with Crippen molar-refractivity contribution in [3.63, 3.8) is 0 Å². The van der Waals surface area contributed by atoms with Crippen molar-refractivity contribution in [3.05, 3.63) is 53.6 Å². The Bertz CT molecular complexity index is 803. The van der Waals surface area contributed by atoms with Crippen molar-refractivity contribution in [1.29, 1.82) is 0 Å². The Labute approximate surface area is 139 Å². The first kappa shape index (κ1) is 15.9. The number of aromatic hydroxyl groups is 1. The molecule has 124 valence electrons. The van der Waals surface area contributed by atoms with Crippen LogP contribution in [-0.4, -0.2) is 29.6 Å². The van der Waals surface area contributed by atoms with Crippen LogP contribution in [0.2, 0.25) is 0 Å². The summed E-state index contributed by atoms with van der Waals surface area (Å²) in [6, 6.07) is 11.7. The van der Waals surface area contributed by atoms with Gasteiger partial charge in [-0.05, 0) is 43.2 Å². The number of amides is 1. The van der Waals surface area contributed by atoms with Crippen LogP contribution in [0.3, 0.4) is 0 Å². The number of phenols is 1. The molecule has 0 fully saturated rings. The number of benzene rings is 2. The number of hydrogen-bond acceptors (Lipinski definition) is 5. The smallest absolute Gasteiger partial charge is 0.340 e. The predicted molar refractivity (Wildman–Crippen MR) is 89.9 cm³/mol. The first-order valence-corrected chi connectivity index (χ1v) is 7.63. The highest BCUT2D eigenvalue weighted by Gasteiger charge is 2.31. The minimum atomic E-state index is -0.739. The molecule has 0 radical (unpaired) electrons. The normalized spacial score (nSPS) is 15.9. The van der Waals surface area contributed by atoms with Gasteiger partial charge >= 0.3 is 5.97 Å². The summed E-state index contributed by atoms with van der Waals surface area (Å²) < 4.78 is 5.08. The maximum absolute atomic E-state index is 12.5. The van der Waals surface area contributed by atoms with E-state index in [1.165, 1.54) is 18.2 Å². The van der Waals surface area contributed by atoms with E-state index >= 15 is 0 Å². The van der Waals surface area contributed by atoms with Crippen LogP contribution in [0.4, 0.5) is 11.4 Å². The highest BCUT2D eigenvalue weighted by atomic mass is 16.5. The molecule has 0 aromatic heterocycles. The summed E-state index contributed by atoms with van der Waals surface area (Å²) in [6.07, 6.45) is 0.773. The molecule has 6 heteroatoms. The predicted octanol–water partition coefficient (Wildman–Crippen LogP) is 2.11. The number of nitrogen functional groups attached to an aromatic ring is 1. The molecule has 0 bridgehead atoms. The number of ether oxygens (including phenoxy) is 1. The fraction of sp³-hybridized carbons (Fsp3) is 0.222. The molecule has 3 rings (SSSR count). The van der Waals surface area contributed by atoms with Gasteiger partial charge < -0.3 is 20.5 Å².